The number of carbonyl (C=O) groups is 2. The van der Waals surface area contributed by atoms with E-state index < -0.39 is 5.91 Å². The van der Waals surface area contributed by atoms with Crippen LogP contribution in [0.15, 0.2) is 22.7 Å². The van der Waals surface area contributed by atoms with Gasteiger partial charge in [0, 0.05) is 11.4 Å². The summed E-state index contributed by atoms with van der Waals surface area (Å²) in [5.41, 5.74) is 7.15. The van der Waals surface area contributed by atoms with Crippen LogP contribution in [0.1, 0.15) is 47.5 Å². The first-order valence-electron chi connectivity index (χ1n) is 10.3. The molecule has 1 atom stereocenters. The highest BCUT2D eigenvalue weighted by molar-refractivity contribution is 7.99. The van der Waals surface area contributed by atoms with Crippen LogP contribution in [0.4, 0.5) is 5.00 Å². The van der Waals surface area contributed by atoms with E-state index in [0.717, 1.165) is 53.6 Å². The Morgan fingerprint density at radius 3 is 2.94 bits per heavy atom. The van der Waals surface area contributed by atoms with Crippen LogP contribution in [0, 0.1) is 5.92 Å². The van der Waals surface area contributed by atoms with Crippen LogP contribution in [0.2, 0.25) is 0 Å². The highest BCUT2D eigenvalue weighted by atomic mass is 32.2. The van der Waals surface area contributed by atoms with Crippen LogP contribution in [-0.2, 0) is 24.2 Å². The van der Waals surface area contributed by atoms with Gasteiger partial charge in [-0.25, -0.2) is 0 Å². The van der Waals surface area contributed by atoms with Crippen molar-refractivity contribution in [3.63, 3.8) is 0 Å². The Hall–Kier alpha value is -2.17. The number of anilines is 1. The maximum absolute atomic E-state index is 12.7. The molecule has 31 heavy (non-hydrogen) atoms. The van der Waals surface area contributed by atoms with Crippen LogP contribution >= 0.6 is 34.4 Å². The molecule has 4 rings (SSSR count). The lowest BCUT2D eigenvalue weighted by molar-refractivity contribution is -0.113. The van der Waals surface area contributed by atoms with E-state index in [0.29, 0.717) is 16.5 Å². The quantitative estimate of drug-likeness (QED) is 0.469. The van der Waals surface area contributed by atoms with E-state index in [4.69, 9.17) is 5.73 Å². The number of nitrogens with one attached hydrogen (secondary N) is 1. The lowest BCUT2D eigenvalue weighted by atomic mass is 9.88. The molecule has 3 aromatic rings. The first-order valence-corrected chi connectivity index (χ1v) is 13.0. The fourth-order valence-electron chi connectivity index (χ4n) is 3.80. The van der Waals surface area contributed by atoms with Crippen molar-refractivity contribution in [2.75, 3.05) is 11.1 Å². The highest BCUT2D eigenvalue weighted by Gasteiger charge is 2.27. The smallest absolute Gasteiger partial charge is 0.251 e. The summed E-state index contributed by atoms with van der Waals surface area (Å²) in [6.45, 7) is 5.09. The zero-order chi connectivity index (χ0) is 22.0. The molecule has 1 aliphatic rings. The molecule has 3 aromatic heterocycles. The number of hydrogen-bond donors (Lipinski definition) is 2. The Labute approximate surface area is 193 Å². The molecule has 1 aliphatic carbocycles. The predicted molar refractivity (Wildman–Crippen MR) is 127 cm³/mol. The van der Waals surface area contributed by atoms with Gasteiger partial charge in [-0.1, -0.05) is 31.7 Å². The van der Waals surface area contributed by atoms with Crippen molar-refractivity contribution in [2.24, 2.45) is 11.7 Å². The SMILES string of the molecule is CCCn1c(SCC(=O)Nc2sc3c(c2C(N)=O)CCC(C)C3)nnc1-c1cccs1. The Morgan fingerprint density at radius 1 is 1.39 bits per heavy atom. The van der Waals surface area contributed by atoms with Gasteiger partial charge in [-0.15, -0.1) is 32.9 Å². The molecule has 0 bridgehead atoms. The van der Waals surface area contributed by atoms with E-state index in [1.54, 1.807) is 11.3 Å². The number of aromatic nitrogens is 3. The number of hydrogen-bond acceptors (Lipinski definition) is 7. The van der Waals surface area contributed by atoms with E-state index in [-0.39, 0.29) is 11.7 Å². The second-order valence-corrected chi connectivity index (χ2v) is 10.7. The fraction of sp³-hybridized carbons (Fsp3) is 0.429. The maximum atomic E-state index is 12.7. The lowest BCUT2D eigenvalue weighted by Gasteiger charge is -2.18. The van der Waals surface area contributed by atoms with Crippen LogP contribution < -0.4 is 11.1 Å². The lowest BCUT2D eigenvalue weighted by Crippen LogP contribution is -2.20. The third-order valence-corrected chi connectivity index (χ3v) is 8.25. The van der Waals surface area contributed by atoms with Gasteiger partial charge in [0.05, 0.1) is 16.2 Å². The minimum Gasteiger partial charge on any atom is -0.365 e. The van der Waals surface area contributed by atoms with Gasteiger partial charge < -0.3 is 15.6 Å². The highest BCUT2D eigenvalue weighted by Crippen LogP contribution is 2.39. The molecule has 0 aliphatic heterocycles. The summed E-state index contributed by atoms with van der Waals surface area (Å²) in [6, 6.07) is 4.01. The van der Waals surface area contributed by atoms with Gasteiger partial charge in [0.15, 0.2) is 11.0 Å². The molecule has 0 saturated heterocycles. The second kappa shape index (κ2) is 9.54. The molecular formula is C21H25N5O2S3. The Bertz CT molecular complexity index is 1090. The minimum absolute atomic E-state index is 0.178. The third-order valence-electron chi connectivity index (χ3n) is 5.25. The summed E-state index contributed by atoms with van der Waals surface area (Å²) in [7, 11) is 0. The minimum atomic E-state index is -0.474. The molecule has 10 heteroatoms. The van der Waals surface area contributed by atoms with Crippen LogP contribution in [0.25, 0.3) is 10.7 Å². The van der Waals surface area contributed by atoms with Gasteiger partial charge in [0.2, 0.25) is 5.91 Å². The van der Waals surface area contributed by atoms with Gasteiger partial charge in [-0.05, 0) is 48.6 Å². The number of thioether (sulfide) groups is 1. The van der Waals surface area contributed by atoms with Gasteiger partial charge in [0.25, 0.3) is 5.91 Å². The first-order chi connectivity index (χ1) is 15.0. The summed E-state index contributed by atoms with van der Waals surface area (Å²) < 4.78 is 2.06. The number of primary amides is 1. The first kappa shape index (κ1) is 22.0. The van der Waals surface area contributed by atoms with Crippen molar-refractivity contribution in [1.29, 1.82) is 0 Å². The molecule has 1 unspecified atom stereocenters. The van der Waals surface area contributed by atoms with Crippen molar-refractivity contribution in [2.45, 2.75) is 51.2 Å². The van der Waals surface area contributed by atoms with Crippen molar-refractivity contribution in [3.8, 4) is 10.7 Å². The normalized spacial score (nSPS) is 15.6. The maximum Gasteiger partial charge on any atom is 0.251 e. The van der Waals surface area contributed by atoms with Crippen molar-refractivity contribution < 1.29 is 9.59 Å². The molecule has 0 saturated carbocycles. The number of thiophene rings is 2. The summed E-state index contributed by atoms with van der Waals surface area (Å²) in [4.78, 5) is 27.0. The Kier molecular flexibility index (Phi) is 6.78. The van der Waals surface area contributed by atoms with E-state index in [1.165, 1.54) is 28.0 Å². The summed E-state index contributed by atoms with van der Waals surface area (Å²) >= 11 is 4.45. The van der Waals surface area contributed by atoms with Crippen LogP contribution in [0.3, 0.4) is 0 Å². The van der Waals surface area contributed by atoms with Gasteiger partial charge in [-0.2, -0.15) is 0 Å². The number of amides is 2. The molecule has 164 valence electrons. The molecule has 3 N–H and O–H groups in total. The molecule has 0 aromatic carbocycles. The number of carbonyl (C=O) groups excluding carboxylic acids is 2. The molecular weight excluding hydrogens is 450 g/mol. The van der Waals surface area contributed by atoms with Crippen LogP contribution in [-0.4, -0.2) is 32.3 Å². The van der Waals surface area contributed by atoms with Crippen molar-refractivity contribution >= 4 is 51.3 Å². The largest absolute Gasteiger partial charge is 0.365 e. The standard InChI is InChI=1S/C21H25N5O2S3/c1-3-8-26-19(14-5-4-9-29-14)24-25-21(26)30-11-16(27)23-20-17(18(22)28)13-7-6-12(2)10-15(13)31-20/h4-5,9,12H,3,6-8,10-11H2,1-2H3,(H2,22,28)(H,23,27). The van der Waals surface area contributed by atoms with E-state index in [9.17, 15) is 9.59 Å². The van der Waals surface area contributed by atoms with Crippen molar-refractivity contribution in [1.82, 2.24) is 14.8 Å². The molecule has 0 radical (unpaired) electrons. The molecule has 3 heterocycles. The van der Waals surface area contributed by atoms with E-state index in [1.807, 2.05) is 17.5 Å². The number of nitrogens with zero attached hydrogens (tertiary/aromatic N) is 3. The molecule has 0 spiro atoms. The van der Waals surface area contributed by atoms with Crippen molar-refractivity contribution in [3.05, 3.63) is 33.5 Å². The number of nitrogens with two attached hydrogens (primary N) is 1. The summed E-state index contributed by atoms with van der Waals surface area (Å²) in [5, 5.41) is 14.9. The van der Waals surface area contributed by atoms with Gasteiger partial charge >= 0.3 is 0 Å². The van der Waals surface area contributed by atoms with Crippen LogP contribution in [0.5, 0.6) is 0 Å². The zero-order valence-corrected chi connectivity index (χ0v) is 20.0. The topological polar surface area (TPSA) is 103 Å². The zero-order valence-electron chi connectivity index (χ0n) is 17.5. The molecule has 0 fully saturated rings. The molecule has 7 nitrogen and oxygen atoms in total. The fourth-order valence-corrected chi connectivity index (χ4v) is 6.72. The Morgan fingerprint density at radius 2 is 2.23 bits per heavy atom. The summed E-state index contributed by atoms with van der Waals surface area (Å²) in [5.74, 6) is 0.939. The third kappa shape index (κ3) is 4.70. The van der Waals surface area contributed by atoms with Gasteiger partial charge in [-0.3, -0.25) is 9.59 Å². The predicted octanol–water partition coefficient (Wildman–Crippen LogP) is 4.43. The number of rotatable bonds is 8. The van der Waals surface area contributed by atoms with E-state index in [2.05, 4.69) is 33.9 Å². The van der Waals surface area contributed by atoms with E-state index >= 15 is 0 Å². The molecule has 2 amide bonds. The average molecular weight is 476 g/mol. The number of fused-ring (bicyclic) bond motifs is 1. The average Bonchev–Trinajstić information content (AvgIpc) is 3.44. The summed E-state index contributed by atoms with van der Waals surface area (Å²) in [6.07, 6.45) is 3.74. The monoisotopic (exact) mass is 475 g/mol. The van der Waals surface area contributed by atoms with Gasteiger partial charge in [0.1, 0.15) is 5.00 Å². The Balaban J connectivity index is 1.48. The second-order valence-electron chi connectivity index (χ2n) is 7.69.